The van der Waals surface area contributed by atoms with Crippen LogP contribution < -0.4 is 0 Å². The number of benzene rings is 1. The SMILES string of the molecule is CCC1CCC(C(=O)CC2CCCc3ccccc32)CC1. The van der Waals surface area contributed by atoms with Crippen LogP contribution in [0.3, 0.4) is 0 Å². The van der Waals surface area contributed by atoms with Gasteiger partial charge in [-0.15, -0.1) is 0 Å². The van der Waals surface area contributed by atoms with Gasteiger partial charge in [-0.1, -0.05) is 37.6 Å². The van der Waals surface area contributed by atoms with Gasteiger partial charge in [-0.25, -0.2) is 0 Å². The van der Waals surface area contributed by atoms with E-state index < -0.39 is 0 Å². The fourth-order valence-electron chi connectivity index (χ4n) is 4.37. The van der Waals surface area contributed by atoms with E-state index >= 15 is 0 Å². The molecular weight excluding hydrogens is 256 g/mol. The molecule has 0 amide bonds. The molecule has 1 fully saturated rings. The number of ketones is 1. The molecule has 0 heterocycles. The summed E-state index contributed by atoms with van der Waals surface area (Å²) in [5.74, 6) is 2.28. The highest BCUT2D eigenvalue weighted by atomic mass is 16.1. The summed E-state index contributed by atoms with van der Waals surface area (Å²) in [6.45, 7) is 2.28. The molecule has 1 atom stereocenters. The van der Waals surface area contributed by atoms with E-state index in [1.54, 1.807) is 0 Å². The smallest absolute Gasteiger partial charge is 0.136 e. The second-order valence-electron chi connectivity index (χ2n) is 7.08. The van der Waals surface area contributed by atoms with Crippen molar-refractivity contribution in [2.75, 3.05) is 0 Å². The van der Waals surface area contributed by atoms with E-state index in [9.17, 15) is 4.79 Å². The number of hydrogen-bond donors (Lipinski definition) is 0. The Balaban J connectivity index is 1.61. The number of aryl methyl sites for hydroxylation is 1. The summed E-state index contributed by atoms with van der Waals surface area (Å²) in [5, 5.41) is 0. The zero-order chi connectivity index (χ0) is 14.7. The molecule has 1 nitrogen and oxygen atoms in total. The Bertz CT molecular complexity index is 482. The Morgan fingerprint density at radius 3 is 2.62 bits per heavy atom. The molecule has 0 aliphatic heterocycles. The summed E-state index contributed by atoms with van der Waals surface area (Å²) in [4.78, 5) is 12.7. The number of carbonyl (C=O) groups is 1. The maximum absolute atomic E-state index is 12.7. The normalized spacial score (nSPS) is 28.9. The zero-order valence-electron chi connectivity index (χ0n) is 13.3. The van der Waals surface area contributed by atoms with Crippen LogP contribution in [-0.2, 0) is 11.2 Å². The molecule has 1 aromatic rings. The van der Waals surface area contributed by atoms with Crippen LogP contribution in [0, 0.1) is 11.8 Å². The van der Waals surface area contributed by atoms with Gasteiger partial charge in [0.2, 0.25) is 0 Å². The standard InChI is InChI=1S/C20H28O/c1-2-15-10-12-17(13-11-15)20(21)14-18-8-5-7-16-6-3-4-9-19(16)18/h3-4,6,9,15,17-18H,2,5,7-8,10-14H2,1H3. The number of rotatable bonds is 4. The summed E-state index contributed by atoms with van der Waals surface area (Å²) >= 11 is 0. The molecule has 3 rings (SSSR count). The van der Waals surface area contributed by atoms with Gasteiger partial charge in [0.05, 0.1) is 0 Å². The summed E-state index contributed by atoms with van der Waals surface area (Å²) < 4.78 is 0. The number of Topliss-reactive ketones (excluding diaryl/α,β-unsaturated/α-hetero) is 1. The van der Waals surface area contributed by atoms with E-state index in [-0.39, 0.29) is 0 Å². The predicted molar refractivity (Wildman–Crippen MR) is 87.5 cm³/mol. The van der Waals surface area contributed by atoms with Crippen LogP contribution in [0.25, 0.3) is 0 Å². The van der Waals surface area contributed by atoms with Gasteiger partial charge >= 0.3 is 0 Å². The van der Waals surface area contributed by atoms with Crippen molar-refractivity contribution in [1.29, 1.82) is 0 Å². The lowest BCUT2D eigenvalue weighted by atomic mass is 9.74. The Hall–Kier alpha value is -1.11. The third kappa shape index (κ3) is 3.39. The van der Waals surface area contributed by atoms with Crippen LogP contribution in [0.2, 0.25) is 0 Å². The van der Waals surface area contributed by atoms with Gasteiger partial charge in [-0.3, -0.25) is 4.79 Å². The molecule has 0 spiro atoms. The first-order valence-electron chi connectivity index (χ1n) is 8.88. The molecule has 0 aromatic heterocycles. The van der Waals surface area contributed by atoms with Crippen molar-refractivity contribution in [3.05, 3.63) is 35.4 Å². The summed E-state index contributed by atoms with van der Waals surface area (Å²) in [5.41, 5.74) is 2.94. The molecule has 1 unspecified atom stereocenters. The fourth-order valence-corrected chi connectivity index (χ4v) is 4.37. The van der Waals surface area contributed by atoms with E-state index in [2.05, 4.69) is 31.2 Å². The molecule has 0 radical (unpaired) electrons. The van der Waals surface area contributed by atoms with Crippen LogP contribution in [0.15, 0.2) is 24.3 Å². The molecule has 0 bridgehead atoms. The van der Waals surface area contributed by atoms with Gasteiger partial charge < -0.3 is 0 Å². The van der Waals surface area contributed by atoms with Crippen molar-refractivity contribution in [2.45, 2.75) is 70.6 Å². The average molecular weight is 284 g/mol. The van der Waals surface area contributed by atoms with Gasteiger partial charge in [-0.2, -0.15) is 0 Å². The van der Waals surface area contributed by atoms with E-state index in [1.807, 2.05) is 0 Å². The maximum atomic E-state index is 12.7. The van der Waals surface area contributed by atoms with Crippen molar-refractivity contribution in [2.24, 2.45) is 11.8 Å². The highest BCUT2D eigenvalue weighted by molar-refractivity contribution is 5.82. The molecule has 1 aromatic carbocycles. The van der Waals surface area contributed by atoms with Crippen LogP contribution in [-0.4, -0.2) is 5.78 Å². The lowest BCUT2D eigenvalue weighted by Gasteiger charge is -2.30. The first-order valence-corrected chi connectivity index (χ1v) is 8.88. The quantitative estimate of drug-likeness (QED) is 0.735. The zero-order valence-corrected chi connectivity index (χ0v) is 13.3. The lowest BCUT2D eigenvalue weighted by molar-refractivity contribution is -0.124. The monoisotopic (exact) mass is 284 g/mol. The summed E-state index contributed by atoms with van der Waals surface area (Å²) in [7, 11) is 0. The van der Waals surface area contributed by atoms with E-state index in [0.29, 0.717) is 17.6 Å². The largest absolute Gasteiger partial charge is 0.299 e. The van der Waals surface area contributed by atoms with Crippen LogP contribution in [0.1, 0.15) is 75.3 Å². The van der Waals surface area contributed by atoms with Gasteiger partial charge in [-0.05, 0) is 67.9 Å². The predicted octanol–water partition coefficient (Wildman–Crippen LogP) is 5.28. The van der Waals surface area contributed by atoms with Crippen molar-refractivity contribution in [3.8, 4) is 0 Å². The third-order valence-corrected chi connectivity index (χ3v) is 5.82. The Kier molecular flexibility index (Phi) is 4.77. The maximum Gasteiger partial charge on any atom is 0.136 e. The molecule has 114 valence electrons. The van der Waals surface area contributed by atoms with Gasteiger partial charge in [0.1, 0.15) is 5.78 Å². The molecule has 0 saturated heterocycles. The molecule has 2 aliphatic carbocycles. The minimum atomic E-state index is 0.363. The van der Waals surface area contributed by atoms with Crippen molar-refractivity contribution in [1.82, 2.24) is 0 Å². The highest BCUT2D eigenvalue weighted by Crippen LogP contribution is 2.37. The minimum Gasteiger partial charge on any atom is -0.299 e. The molecule has 21 heavy (non-hydrogen) atoms. The number of hydrogen-bond acceptors (Lipinski definition) is 1. The average Bonchev–Trinajstić information content (AvgIpc) is 2.55. The van der Waals surface area contributed by atoms with Crippen molar-refractivity contribution >= 4 is 5.78 Å². The first-order chi connectivity index (χ1) is 10.3. The molecule has 0 N–H and O–H groups in total. The number of fused-ring (bicyclic) bond motifs is 1. The number of carbonyl (C=O) groups excluding carboxylic acids is 1. The second kappa shape index (κ2) is 6.77. The fraction of sp³-hybridized carbons (Fsp3) is 0.650. The first kappa shape index (κ1) is 14.8. The van der Waals surface area contributed by atoms with Gasteiger partial charge in [0.15, 0.2) is 0 Å². The van der Waals surface area contributed by atoms with E-state index in [1.165, 1.54) is 49.7 Å². The topological polar surface area (TPSA) is 17.1 Å². The van der Waals surface area contributed by atoms with Crippen molar-refractivity contribution in [3.63, 3.8) is 0 Å². The molecule has 1 saturated carbocycles. The van der Waals surface area contributed by atoms with E-state index in [4.69, 9.17) is 0 Å². The molecule has 2 aliphatic rings. The van der Waals surface area contributed by atoms with Crippen LogP contribution in [0.4, 0.5) is 0 Å². The van der Waals surface area contributed by atoms with Gasteiger partial charge in [0, 0.05) is 12.3 Å². The van der Waals surface area contributed by atoms with Gasteiger partial charge in [0.25, 0.3) is 0 Å². The Labute approximate surface area is 129 Å². The highest BCUT2D eigenvalue weighted by Gasteiger charge is 2.29. The summed E-state index contributed by atoms with van der Waals surface area (Å²) in [6, 6.07) is 8.77. The lowest BCUT2D eigenvalue weighted by Crippen LogP contribution is -2.24. The second-order valence-corrected chi connectivity index (χ2v) is 7.08. The Morgan fingerprint density at radius 2 is 1.86 bits per heavy atom. The third-order valence-electron chi connectivity index (χ3n) is 5.82. The summed E-state index contributed by atoms with van der Waals surface area (Å²) in [6.07, 6.45) is 10.6. The molecule has 1 heteroatoms. The van der Waals surface area contributed by atoms with Crippen molar-refractivity contribution < 1.29 is 4.79 Å². The van der Waals surface area contributed by atoms with Crippen LogP contribution in [0.5, 0.6) is 0 Å². The van der Waals surface area contributed by atoms with E-state index in [0.717, 1.165) is 25.2 Å². The molecular formula is C20H28O. The van der Waals surface area contributed by atoms with Crippen LogP contribution >= 0.6 is 0 Å². The minimum absolute atomic E-state index is 0.363. The Morgan fingerprint density at radius 1 is 1.10 bits per heavy atom.